The van der Waals surface area contributed by atoms with Gasteiger partial charge in [-0.2, -0.15) is 8.78 Å². The van der Waals surface area contributed by atoms with E-state index in [0.717, 1.165) is 18.1 Å². The van der Waals surface area contributed by atoms with Gasteiger partial charge in [0.15, 0.2) is 0 Å². The first kappa shape index (κ1) is 19.0. The average molecular weight is 392 g/mol. The van der Waals surface area contributed by atoms with Crippen molar-refractivity contribution in [2.45, 2.75) is 19.0 Å². The molecule has 146 valence electrons. The summed E-state index contributed by atoms with van der Waals surface area (Å²) >= 11 is 0. The van der Waals surface area contributed by atoms with Crippen LogP contribution in [0.15, 0.2) is 83.6 Å². The lowest BCUT2D eigenvalue weighted by Gasteiger charge is -2.15. The van der Waals surface area contributed by atoms with Gasteiger partial charge in [0.05, 0.1) is 5.56 Å². The summed E-state index contributed by atoms with van der Waals surface area (Å²) in [6.07, 6.45) is 1.62. The van der Waals surface area contributed by atoms with E-state index in [2.05, 4.69) is 10.1 Å². The number of hydrogen-bond donors (Lipinski definition) is 1. The van der Waals surface area contributed by atoms with Crippen molar-refractivity contribution in [1.82, 2.24) is 10.1 Å². The van der Waals surface area contributed by atoms with E-state index in [4.69, 9.17) is 4.52 Å². The van der Waals surface area contributed by atoms with Crippen LogP contribution >= 0.6 is 0 Å². The van der Waals surface area contributed by atoms with Gasteiger partial charge in [0.1, 0.15) is 11.8 Å². The highest BCUT2D eigenvalue weighted by molar-refractivity contribution is 5.71. The van der Waals surface area contributed by atoms with E-state index in [-0.39, 0.29) is 11.3 Å². The lowest BCUT2D eigenvalue weighted by molar-refractivity contribution is -0.0135. The molecule has 0 aliphatic heterocycles. The van der Waals surface area contributed by atoms with Crippen molar-refractivity contribution in [2.24, 2.45) is 0 Å². The van der Waals surface area contributed by atoms with Crippen molar-refractivity contribution in [1.29, 1.82) is 0 Å². The van der Waals surface area contributed by atoms with Crippen LogP contribution in [-0.4, -0.2) is 15.2 Å². The molecular weight excluding hydrogens is 374 g/mol. The van der Waals surface area contributed by atoms with Crippen molar-refractivity contribution in [3.63, 3.8) is 0 Å². The summed E-state index contributed by atoms with van der Waals surface area (Å²) in [5, 5.41) is 14.7. The molecule has 0 aliphatic carbocycles. The number of hydrogen-bond acceptors (Lipinski definition) is 4. The predicted molar refractivity (Wildman–Crippen MR) is 105 cm³/mol. The fraction of sp³-hybridized carbons (Fsp3) is 0.130. The second-order valence-corrected chi connectivity index (χ2v) is 6.79. The Morgan fingerprint density at radius 3 is 2.17 bits per heavy atom. The molecule has 2 aromatic carbocycles. The third kappa shape index (κ3) is 3.79. The van der Waals surface area contributed by atoms with Crippen molar-refractivity contribution in [2.75, 3.05) is 0 Å². The maximum atomic E-state index is 14.1. The number of aliphatic hydroxyl groups excluding tert-OH is 1. The zero-order valence-electron chi connectivity index (χ0n) is 15.6. The minimum absolute atomic E-state index is 0.0574. The number of nitrogens with zero attached hydrogens (tertiary/aromatic N) is 2. The second kappa shape index (κ2) is 7.56. The molecule has 2 aromatic heterocycles. The van der Waals surface area contributed by atoms with E-state index in [9.17, 15) is 13.9 Å². The van der Waals surface area contributed by atoms with Crippen LogP contribution in [-0.2, 0) is 5.92 Å². The summed E-state index contributed by atoms with van der Waals surface area (Å²) in [5.41, 5.74) is 3.09. The van der Waals surface area contributed by atoms with E-state index < -0.39 is 17.8 Å². The van der Waals surface area contributed by atoms with E-state index >= 15 is 0 Å². The lowest BCUT2D eigenvalue weighted by atomic mass is 9.95. The third-order valence-electron chi connectivity index (χ3n) is 4.67. The lowest BCUT2D eigenvalue weighted by Crippen LogP contribution is -2.12. The molecular formula is C23H18F2N2O2. The predicted octanol–water partition coefficient (Wildman–Crippen LogP) is 5.60. The Balaban J connectivity index is 1.79. The fourth-order valence-electron chi connectivity index (χ4n) is 3.23. The summed E-state index contributed by atoms with van der Waals surface area (Å²) < 4.78 is 33.3. The van der Waals surface area contributed by atoms with Crippen molar-refractivity contribution in [3.05, 3.63) is 96.0 Å². The molecule has 4 nitrogen and oxygen atoms in total. The first-order valence-electron chi connectivity index (χ1n) is 9.07. The molecule has 6 heteroatoms. The summed E-state index contributed by atoms with van der Waals surface area (Å²) in [7, 11) is 0. The van der Waals surface area contributed by atoms with E-state index in [0.29, 0.717) is 11.1 Å². The normalized spacial score (nSPS) is 12.7. The summed E-state index contributed by atoms with van der Waals surface area (Å²) in [6.45, 7) is 0.718. The van der Waals surface area contributed by atoms with Crippen LogP contribution < -0.4 is 0 Å². The fourth-order valence-corrected chi connectivity index (χ4v) is 3.23. The van der Waals surface area contributed by atoms with Crippen LogP contribution in [0.3, 0.4) is 0 Å². The molecule has 0 saturated heterocycles. The van der Waals surface area contributed by atoms with E-state index in [1.165, 1.54) is 6.20 Å². The summed E-state index contributed by atoms with van der Waals surface area (Å²) in [4.78, 5) is 3.96. The van der Waals surface area contributed by atoms with Gasteiger partial charge in [0, 0.05) is 30.4 Å². The molecule has 0 radical (unpaired) electrons. The molecule has 4 rings (SSSR count). The highest BCUT2D eigenvalue weighted by Crippen LogP contribution is 2.41. The second-order valence-electron chi connectivity index (χ2n) is 6.79. The van der Waals surface area contributed by atoms with Gasteiger partial charge in [-0.1, -0.05) is 65.8 Å². The Morgan fingerprint density at radius 1 is 0.897 bits per heavy atom. The van der Waals surface area contributed by atoms with Crippen molar-refractivity contribution in [3.8, 4) is 22.4 Å². The highest BCUT2D eigenvalue weighted by atomic mass is 19.3. The van der Waals surface area contributed by atoms with E-state index in [1.54, 1.807) is 30.5 Å². The molecule has 0 spiro atoms. The number of alkyl halides is 2. The maximum Gasteiger partial charge on any atom is 0.305 e. The molecule has 0 aliphatic rings. The Hall–Kier alpha value is -3.38. The smallest absolute Gasteiger partial charge is 0.305 e. The van der Waals surface area contributed by atoms with Crippen LogP contribution in [0.4, 0.5) is 8.78 Å². The number of aliphatic hydroxyl groups is 1. The monoisotopic (exact) mass is 392 g/mol. The molecule has 1 atom stereocenters. The zero-order valence-corrected chi connectivity index (χ0v) is 15.6. The van der Waals surface area contributed by atoms with Crippen LogP contribution in [0.2, 0.25) is 0 Å². The molecule has 1 N–H and O–H groups in total. The topological polar surface area (TPSA) is 59.2 Å². The van der Waals surface area contributed by atoms with E-state index in [1.807, 2.05) is 42.5 Å². The average Bonchev–Trinajstić information content (AvgIpc) is 3.20. The van der Waals surface area contributed by atoms with Crippen LogP contribution in [0, 0.1) is 0 Å². The van der Waals surface area contributed by atoms with Crippen molar-refractivity contribution < 1.29 is 18.4 Å². The van der Waals surface area contributed by atoms with Gasteiger partial charge in [0.25, 0.3) is 0 Å². The number of rotatable bonds is 5. The Morgan fingerprint density at radius 2 is 1.55 bits per heavy atom. The molecule has 0 saturated carbocycles. The van der Waals surface area contributed by atoms with Gasteiger partial charge in [-0.3, -0.25) is 4.98 Å². The Kier molecular flexibility index (Phi) is 4.94. The first-order chi connectivity index (χ1) is 13.9. The van der Waals surface area contributed by atoms with Crippen LogP contribution in [0.25, 0.3) is 22.4 Å². The zero-order chi connectivity index (χ0) is 20.4. The first-order valence-corrected chi connectivity index (χ1v) is 9.07. The number of benzene rings is 2. The standard InChI is InChI=1S/C23H18F2N2O2/c1-23(24,25)22-19(21(28)18-8-5-13-26-14-18)20(27-29-22)17-11-9-16(10-12-17)15-6-3-2-4-7-15/h2-14,21,28H,1H3. The van der Waals surface area contributed by atoms with Crippen molar-refractivity contribution >= 4 is 0 Å². The quantitative estimate of drug-likeness (QED) is 0.480. The minimum atomic E-state index is -3.30. The summed E-state index contributed by atoms with van der Waals surface area (Å²) in [5.74, 6) is -3.95. The molecule has 1 unspecified atom stereocenters. The largest absolute Gasteiger partial charge is 0.383 e. The van der Waals surface area contributed by atoms with Gasteiger partial charge in [0.2, 0.25) is 5.76 Å². The molecule has 0 amide bonds. The number of pyridine rings is 1. The molecule has 29 heavy (non-hydrogen) atoms. The highest BCUT2D eigenvalue weighted by Gasteiger charge is 2.38. The maximum absolute atomic E-state index is 14.1. The van der Waals surface area contributed by atoms with Gasteiger partial charge in [-0.05, 0) is 17.2 Å². The summed E-state index contributed by atoms with van der Waals surface area (Å²) in [6, 6.07) is 20.3. The molecule has 0 fully saturated rings. The third-order valence-corrected chi connectivity index (χ3v) is 4.67. The Labute approximate surface area is 166 Å². The number of aromatic nitrogens is 2. The molecule has 2 heterocycles. The van der Waals surface area contributed by atoms with Gasteiger partial charge in [-0.25, -0.2) is 0 Å². The van der Waals surface area contributed by atoms with Crippen LogP contribution in [0.5, 0.6) is 0 Å². The minimum Gasteiger partial charge on any atom is -0.383 e. The molecule has 4 aromatic rings. The van der Waals surface area contributed by atoms with Gasteiger partial charge < -0.3 is 9.63 Å². The Bertz CT molecular complexity index is 1090. The van der Waals surface area contributed by atoms with Gasteiger partial charge >= 0.3 is 5.92 Å². The number of halogens is 2. The van der Waals surface area contributed by atoms with Crippen LogP contribution in [0.1, 0.15) is 29.9 Å². The van der Waals surface area contributed by atoms with Gasteiger partial charge in [-0.15, -0.1) is 0 Å². The SMILES string of the molecule is CC(F)(F)c1onc(-c2ccc(-c3ccccc3)cc2)c1C(O)c1cccnc1. The molecule has 0 bridgehead atoms.